The Morgan fingerprint density at radius 2 is 1.69 bits per heavy atom. The molecule has 0 aliphatic rings. The van der Waals surface area contributed by atoms with Crippen LogP contribution >= 0.6 is 23.2 Å². The number of halogens is 2. The largest absolute Gasteiger partial charge is 0.275 e. The fraction of sp³-hybridized carbons (Fsp3) is 0.0455. The summed E-state index contributed by atoms with van der Waals surface area (Å²) in [7, 11) is 1.87. The third-order valence-corrected chi connectivity index (χ3v) is 5.29. The van der Waals surface area contributed by atoms with Crippen LogP contribution in [0.2, 0.25) is 10.2 Å². The molecule has 5 rings (SSSR count). The van der Waals surface area contributed by atoms with Gasteiger partial charge in [0.1, 0.15) is 10.8 Å². The van der Waals surface area contributed by atoms with Gasteiger partial charge in [-0.2, -0.15) is 5.10 Å². The van der Waals surface area contributed by atoms with Crippen LogP contribution in [0, 0.1) is 0 Å². The van der Waals surface area contributed by atoms with Gasteiger partial charge in [0.25, 0.3) is 5.56 Å². The van der Waals surface area contributed by atoms with Gasteiger partial charge in [0.15, 0.2) is 0 Å². The topological polar surface area (TPSA) is 52.7 Å². The Kier molecular flexibility index (Phi) is 4.15. The van der Waals surface area contributed by atoms with Crippen molar-refractivity contribution in [3.8, 4) is 16.8 Å². The van der Waals surface area contributed by atoms with E-state index < -0.39 is 0 Å². The quantitative estimate of drug-likeness (QED) is 0.366. The Balaban J connectivity index is 1.84. The van der Waals surface area contributed by atoms with Crippen LogP contribution in [-0.2, 0) is 7.05 Å². The zero-order valence-electron chi connectivity index (χ0n) is 15.3. The molecular weight excluding hydrogens is 407 g/mol. The molecule has 0 aliphatic heterocycles. The van der Waals surface area contributed by atoms with Gasteiger partial charge in [-0.15, -0.1) is 0 Å². The van der Waals surface area contributed by atoms with E-state index in [0.717, 1.165) is 21.9 Å². The Morgan fingerprint density at radius 3 is 2.48 bits per heavy atom. The van der Waals surface area contributed by atoms with Crippen molar-refractivity contribution in [1.29, 1.82) is 0 Å². The normalized spacial score (nSPS) is 11.4. The average molecular weight is 421 g/mol. The van der Waals surface area contributed by atoms with Gasteiger partial charge in [-0.05, 0) is 60.2 Å². The number of hydrogen-bond donors (Lipinski definition) is 0. The molecule has 5 nitrogen and oxygen atoms in total. The molecule has 0 radical (unpaired) electrons. The second kappa shape index (κ2) is 6.72. The van der Waals surface area contributed by atoms with Gasteiger partial charge in [-0.25, -0.2) is 4.98 Å². The number of hydrogen-bond acceptors (Lipinski definition) is 3. The third-order valence-electron chi connectivity index (χ3n) is 4.83. The minimum atomic E-state index is -0.183. The van der Waals surface area contributed by atoms with Crippen LogP contribution < -0.4 is 5.56 Å². The predicted octanol–water partition coefficient (Wildman–Crippen LogP) is 5.25. The molecule has 0 bridgehead atoms. The number of benzene rings is 2. The van der Waals surface area contributed by atoms with E-state index in [2.05, 4.69) is 10.1 Å². The Bertz CT molecular complexity index is 1450. The monoisotopic (exact) mass is 420 g/mol. The van der Waals surface area contributed by atoms with Crippen LogP contribution in [0.5, 0.6) is 0 Å². The summed E-state index contributed by atoms with van der Waals surface area (Å²) >= 11 is 12.2. The van der Waals surface area contributed by atoms with Gasteiger partial charge in [0.05, 0.1) is 11.2 Å². The van der Waals surface area contributed by atoms with Gasteiger partial charge in [-0.3, -0.25) is 14.0 Å². The van der Waals surface area contributed by atoms with Crippen molar-refractivity contribution in [3.05, 3.63) is 87.4 Å². The maximum Gasteiger partial charge on any atom is 0.264 e. The highest BCUT2D eigenvalue weighted by molar-refractivity contribution is 6.30. The Labute approximate surface area is 175 Å². The molecule has 0 fully saturated rings. The number of aryl methyl sites for hydroxylation is 1. The molecule has 0 amide bonds. The summed E-state index contributed by atoms with van der Waals surface area (Å²) in [5, 5.41) is 7.10. The first-order valence-corrected chi connectivity index (χ1v) is 9.67. The number of nitrogens with zero attached hydrogens (tertiary/aromatic N) is 4. The first-order valence-electron chi connectivity index (χ1n) is 8.92. The van der Waals surface area contributed by atoms with Crippen LogP contribution in [0.25, 0.3) is 38.8 Å². The predicted molar refractivity (Wildman–Crippen MR) is 117 cm³/mol. The maximum absolute atomic E-state index is 13.5. The lowest BCUT2D eigenvalue weighted by molar-refractivity contribution is 0.780. The minimum Gasteiger partial charge on any atom is -0.275 e. The summed E-state index contributed by atoms with van der Waals surface area (Å²) < 4.78 is 3.33. The van der Waals surface area contributed by atoms with Crippen molar-refractivity contribution in [1.82, 2.24) is 19.3 Å². The fourth-order valence-electron chi connectivity index (χ4n) is 3.51. The Morgan fingerprint density at radius 1 is 0.897 bits per heavy atom. The lowest BCUT2D eigenvalue weighted by Gasteiger charge is -2.13. The highest BCUT2D eigenvalue weighted by Gasteiger charge is 2.15. The summed E-state index contributed by atoms with van der Waals surface area (Å²) in [5.74, 6) is 0. The van der Waals surface area contributed by atoms with Crippen molar-refractivity contribution in [2.45, 2.75) is 0 Å². The van der Waals surface area contributed by atoms with Crippen molar-refractivity contribution < 1.29 is 0 Å². The number of fused-ring (bicyclic) bond motifs is 2. The molecular formula is C22H14Cl2N4O. The van der Waals surface area contributed by atoms with E-state index in [9.17, 15) is 4.79 Å². The zero-order valence-corrected chi connectivity index (χ0v) is 16.8. The van der Waals surface area contributed by atoms with Crippen LogP contribution in [0.15, 0.2) is 71.7 Å². The molecule has 29 heavy (non-hydrogen) atoms. The maximum atomic E-state index is 13.5. The Hall–Kier alpha value is -3.15. The second-order valence-corrected chi connectivity index (χ2v) is 7.62. The summed E-state index contributed by atoms with van der Waals surface area (Å²) in [6.45, 7) is 0. The van der Waals surface area contributed by atoms with Gasteiger partial charge < -0.3 is 0 Å². The zero-order chi connectivity index (χ0) is 20.1. The van der Waals surface area contributed by atoms with Gasteiger partial charge in [0.2, 0.25) is 0 Å². The van der Waals surface area contributed by atoms with E-state index in [1.54, 1.807) is 39.6 Å². The molecule has 0 saturated carbocycles. The van der Waals surface area contributed by atoms with Crippen molar-refractivity contribution in [3.63, 3.8) is 0 Å². The van der Waals surface area contributed by atoms with Crippen LogP contribution in [0.1, 0.15) is 0 Å². The van der Waals surface area contributed by atoms with Crippen molar-refractivity contribution >= 4 is 45.1 Å². The van der Waals surface area contributed by atoms with E-state index in [-0.39, 0.29) is 5.56 Å². The molecule has 0 N–H and O–H groups in total. The minimum absolute atomic E-state index is 0.183. The number of pyridine rings is 2. The number of rotatable bonds is 2. The molecule has 0 aliphatic carbocycles. The van der Waals surface area contributed by atoms with E-state index in [0.29, 0.717) is 27.1 Å². The average Bonchev–Trinajstić information content (AvgIpc) is 3.08. The van der Waals surface area contributed by atoms with Gasteiger partial charge in [-0.1, -0.05) is 29.3 Å². The fourth-order valence-corrected chi connectivity index (χ4v) is 3.78. The molecule has 142 valence electrons. The molecule has 2 aromatic carbocycles. The van der Waals surface area contributed by atoms with Crippen molar-refractivity contribution in [2.24, 2.45) is 7.05 Å². The lowest BCUT2D eigenvalue weighted by Crippen LogP contribution is -2.21. The van der Waals surface area contributed by atoms with Crippen LogP contribution in [0.4, 0.5) is 0 Å². The van der Waals surface area contributed by atoms with Gasteiger partial charge >= 0.3 is 0 Å². The summed E-state index contributed by atoms with van der Waals surface area (Å²) in [6, 6.07) is 18.3. The lowest BCUT2D eigenvalue weighted by atomic mass is 10.0. The smallest absolute Gasteiger partial charge is 0.264 e. The summed E-state index contributed by atoms with van der Waals surface area (Å²) in [5.41, 5.74) is 3.25. The molecule has 3 aromatic heterocycles. The molecule has 7 heteroatoms. The SMILES string of the molecule is Cn1cc2cc(-c3cc4ccc(Cl)nc4n(-c4ccc(Cl)cc4)c3=O)ccc2n1. The third kappa shape index (κ3) is 3.09. The van der Waals surface area contributed by atoms with Gasteiger partial charge in [0, 0.05) is 34.6 Å². The van der Waals surface area contributed by atoms with E-state index >= 15 is 0 Å². The highest BCUT2D eigenvalue weighted by Crippen LogP contribution is 2.26. The summed E-state index contributed by atoms with van der Waals surface area (Å²) in [4.78, 5) is 18.0. The molecule has 0 saturated heterocycles. The molecule has 0 atom stereocenters. The molecule has 0 spiro atoms. The van der Waals surface area contributed by atoms with Crippen LogP contribution in [-0.4, -0.2) is 19.3 Å². The summed E-state index contributed by atoms with van der Waals surface area (Å²) in [6.07, 6.45) is 1.93. The molecule has 0 unspecified atom stereocenters. The highest BCUT2D eigenvalue weighted by atomic mass is 35.5. The van der Waals surface area contributed by atoms with E-state index in [1.807, 2.05) is 43.6 Å². The first kappa shape index (κ1) is 17.9. The first-order chi connectivity index (χ1) is 14.0. The van der Waals surface area contributed by atoms with E-state index in [1.165, 1.54) is 0 Å². The second-order valence-electron chi connectivity index (χ2n) is 6.80. The van der Waals surface area contributed by atoms with E-state index in [4.69, 9.17) is 23.2 Å². The van der Waals surface area contributed by atoms with Crippen molar-refractivity contribution in [2.75, 3.05) is 0 Å². The molecule has 5 aromatic rings. The number of aromatic nitrogens is 4. The standard InChI is InChI=1S/C22H14Cl2N4O/c1-27-12-15-10-13(2-8-19(15)26-27)18-11-14-3-9-20(24)25-21(14)28(22(18)29)17-6-4-16(23)5-7-17/h2-12H,1H3. The molecule has 3 heterocycles. The van der Waals surface area contributed by atoms with Crippen LogP contribution in [0.3, 0.4) is 0 Å².